The number of aryl methyl sites for hydroxylation is 1. The van der Waals surface area contributed by atoms with Crippen molar-refractivity contribution in [2.24, 2.45) is 0 Å². The molecule has 1 amide bonds. The number of rotatable bonds is 5. The first kappa shape index (κ1) is 15.5. The van der Waals surface area contributed by atoms with Crippen molar-refractivity contribution < 1.29 is 14.6 Å². The topological polar surface area (TPSA) is 58.6 Å². The van der Waals surface area contributed by atoms with Gasteiger partial charge in [0.15, 0.2) is 6.61 Å². The Morgan fingerprint density at radius 1 is 1.19 bits per heavy atom. The molecule has 0 aliphatic rings. The fraction of sp³-hybridized carbons (Fsp3) is 0.312. The molecule has 0 fully saturated rings. The van der Waals surface area contributed by atoms with Crippen LogP contribution in [0.3, 0.4) is 0 Å². The molecule has 0 spiro atoms. The molecule has 1 aromatic heterocycles. The lowest BCUT2D eigenvalue weighted by Gasteiger charge is -2.07. The molecule has 2 rings (SSSR count). The van der Waals surface area contributed by atoms with Gasteiger partial charge in [-0.25, -0.2) is 0 Å². The minimum atomic E-state index is -0.175. The molecule has 112 valence electrons. The first-order valence-corrected chi connectivity index (χ1v) is 7.52. The molecule has 4 nitrogen and oxygen atoms in total. The van der Waals surface area contributed by atoms with E-state index in [9.17, 15) is 4.79 Å². The molecule has 0 unspecified atom stereocenters. The minimum absolute atomic E-state index is 0.00285. The number of nitrogens with one attached hydrogen (secondary N) is 1. The Morgan fingerprint density at radius 3 is 2.38 bits per heavy atom. The highest BCUT2D eigenvalue weighted by Gasteiger charge is 2.11. The maximum atomic E-state index is 11.9. The van der Waals surface area contributed by atoms with Crippen LogP contribution in [0, 0.1) is 20.8 Å². The highest BCUT2D eigenvalue weighted by Crippen LogP contribution is 2.31. The van der Waals surface area contributed by atoms with E-state index in [1.165, 1.54) is 10.4 Å². The average Bonchev–Trinajstić information content (AvgIpc) is 2.73. The zero-order valence-corrected chi connectivity index (χ0v) is 13.2. The molecule has 0 aliphatic heterocycles. The summed E-state index contributed by atoms with van der Waals surface area (Å²) in [7, 11) is 0. The monoisotopic (exact) mass is 305 g/mol. The van der Waals surface area contributed by atoms with E-state index in [1.807, 2.05) is 13.8 Å². The number of amides is 1. The third-order valence-electron chi connectivity index (χ3n) is 3.42. The van der Waals surface area contributed by atoms with Crippen LogP contribution in [0.1, 0.15) is 21.6 Å². The number of carbonyl (C=O) groups is 1. The smallest absolute Gasteiger partial charge is 0.262 e. The number of carbonyl (C=O) groups excluding carboxylic acids is 1. The van der Waals surface area contributed by atoms with E-state index in [2.05, 4.69) is 12.2 Å². The Kier molecular flexibility index (Phi) is 4.98. The zero-order valence-electron chi connectivity index (χ0n) is 12.4. The molecule has 2 aromatic rings. The van der Waals surface area contributed by atoms with Crippen molar-refractivity contribution in [1.29, 1.82) is 0 Å². The van der Waals surface area contributed by atoms with Gasteiger partial charge in [0.1, 0.15) is 5.75 Å². The number of aliphatic hydroxyl groups excluding tert-OH is 1. The van der Waals surface area contributed by atoms with Crippen molar-refractivity contribution in [2.75, 3.05) is 11.9 Å². The van der Waals surface area contributed by atoms with Gasteiger partial charge in [-0.3, -0.25) is 4.79 Å². The van der Waals surface area contributed by atoms with Crippen LogP contribution in [0.15, 0.2) is 24.3 Å². The number of ether oxygens (including phenoxy) is 1. The molecule has 0 saturated carbocycles. The van der Waals surface area contributed by atoms with Crippen LogP contribution in [0.25, 0.3) is 0 Å². The predicted octanol–water partition coefficient (Wildman–Crippen LogP) is 3.18. The van der Waals surface area contributed by atoms with Crippen LogP contribution in [-0.4, -0.2) is 17.6 Å². The van der Waals surface area contributed by atoms with Gasteiger partial charge in [-0.05, 0) is 49.6 Å². The third-order valence-corrected chi connectivity index (χ3v) is 4.64. The van der Waals surface area contributed by atoms with E-state index in [0.29, 0.717) is 5.75 Å². The number of aliphatic hydroxyl groups is 1. The van der Waals surface area contributed by atoms with E-state index >= 15 is 0 Å². The number of thiophene rings is 1. The van der Waals surface area contributed by atoms with Crippen LogP contribution in [-0.2, 0) is 11.4 Å². The molecule has 2 N–H and O–H groups in total. The minimum Gasteiger partial charge on any atom is -0.484 e. The van der Waals surface area contributed by atoms with Gasteiger partial charge in [-0.2, -0.15) is 0 Å². The summed E-state index contributed by atoms with van der Waals surface area (Å²) in [6, 6.07) is 7.01. The maximum absolute atomic E-state index is 11.9. The van der Waals surface area contributed by atoms with Crippen molar-refractivity contribution >= 4 is 22.2 Å². The van der Waals surface area contributed by atoms with Crippen LogP contribution in [0.4, 0.5) is 5.00 Å². The number of anilines is 1. The molecule has 0 atom stereocenters. The van der Waals surface area contributed by atoms with E-state index in [1.54, 1.807) is 35.6 Å². The lowest BCUT2D eigenvalue weighted by Crippen LogP contribution is -2.20. The summed E-state index contributed by atoms with van der Waals surface area (Å²) < 4.78 is 5.43. The summed E-state index contributed by atoms with van der Waals surface area (Å²) in [5, 5.41) is 12.7. The van der Waals surface area contributed by atoms with Gasteiger partial charge in [0, 0.05) is 4.88 Å². The molecule has 1 heterocycles. The van der Waals surface area contributed by atoms with Gasteiger partial charge < -0.3 is 15.2 Å². The van der Waals surface area contributed by atoms with E-state index in [4.69, 9.17) is 9.84 Å². The molecule has 21 heavy (non-hydrogen) atoms. The Hall–Kier alpha value is -1.85. The molecule has 0 saturated heterocycles. The molecule has 1 aromatic carbocycles. The van der Waals surface area contributed by atoms with E-state index in [-0.39, 0.29) is 19.1 Å². The molecule has 0 aliphatic carbocycles. The molecular formula is C16H19NO3S. The first-order chi connectivity index (χ1) is 10.0. The fourth-order valence-electron chi connectivity index (χ4n) is 1.86. The summed E-state index contributed by atoms with van der Waals surface area (Å²) in [5.74, 6) is 0.434. The normalized spacial score (nSPS) is 10.5. The number of hydrogen-bond donors (Lipinski definition) is 2. The summed E-state index contributed by atoms with van der Waals surface area (Å²) >= 11 is 1.58. The molecule has 0 bridgehead atoms. The van der Waals surface area contributed by atoms with Crippen molar-refractivity contribution in [3.63, 3.8) is 0 Å². The Morgan fingerprint density at radius 2 is 1.86 bits per heavy atom. The number of hydrogen-bond acceptors (Lipinski definition) is 4. The summed E-state index contributed by atoms with van der Waals surface area (Å²) in [4.78, 5) is 13.1. The van der Waals surface area contributed by atoms with Crippen molar-refractivity contribution in [3.05, 3.63) is 45.8 Å². The van der Waals surface area contributed by atoms with E-state index < -0.39 is 0 Å². The van der Waals surface area contributed by atoms with E-state index in [0.717, 1.165) is 16.1 Å². The Bertz CT molecular complexity index is 632. The molecule has 0 radical (unpaired) electrons. The lowest BCUT2D eigenvalue weighted by molar-refractivity contribution is -0.118. The van der Waals surface area contributed by atoms with Crippen LogP contribution < -0.4 is 10.1 Å². The standard InChI is InChI=1S/C16H19NO3S/c1-10-11(2)16(21-12(10)3)17-15(19)9-20-14-6-4-13(8-18)5-7-14/h4-7,18H,8-9H2,1-3H3,(H,17,19). The zero-order chi connectivity index (χ0) is 15.4. The largest absolute Gasteiger partial charge is 0.484 e. The SMILES string of the molecule is Cc1sc(NC(=O)COc2ccc(CO)cc2)c(C)c1C. The quantitative estimate of drug-likeness (QED) is 0.892. The molecular weight excluding hydrogens is 286 g/mol. The third kappa shape index (κ3) is 3.83. The van der Waals surface area contributed by atoms with Crippen LogP contribution in [0.2, 0.25) is 0 Å². The Balaban J connectivity index is 1.91. The van der Waals surface area contributed by atoms with Crippen LogP contribution in [0.5, 0.6) is 5.75 Å². The first-order valence-electron chi connectivity index (χ1n) is 6.70. The summed E-state index contributed by atoms with van der Waals surface area (Å²) in [5.41, 5.74) is 3.14. The van der Waals surface area contributed by atoms with Crippen molar-refractivity contribution in [2.45, 2.75) is 27.4 Å². The van der Waals surface area contributed by atoms with Crippen molar-refractivity contribution in [1.82, 2.24) is 0 Å². The van der Waals surface area contributed by atoms with Crippen molar-refractivity contribution in [3.8, 4) is 5.75 Å². The fourth-order valence-corrected chi connectivity index (χ4v) is 2.95. The van der Waals surface area contributed by atoms with Crippen LogP contribution >= 0.6 is 11.3 Å². The highest BCUT2D eigenvalue weighted by atomic mass is 32.1. The van der Waals surface area contributed by atoms with Gasteiger partial charge >= 0.3 is 0 Å². The predicted molar refractivity (Wildman–Crippen MR) is 85.0 cm³/mol. The lowest BCUT2D eigenvalue weighted by atomic mass is 10.2. The average molecular weight is 305 g/mol. The summed E-state index contributed by atoms with van der Waals surface area (Å²) in [6.45, 7) is 6.06. The van der Waals surface area contributed by atoms with Gasteiger partial charge in [-0.1, -0.05) is 12.1 Å². The maximum Gasteiger partial charge on any atom is 0.262 e. The van der Waals surface area contributed by atoms with Gasteiger partial charge in [-0.15, -0.1) is 11.3 Å². The highest BCUT2D eigenvalue weighted by molar-refractivity contribution is 7.16. The second-order valence-corrected chi connectivity index (χ2v) is 6.10. The van der Waals surface area contributed by atoms with Gasteiger partial charge in [0.2, 0.25) is 0 Å². The second-order valence-electron chi connectivity index (χ2n) is 4.88. The molecule has 5 heteroatoms. The summed E-state index contributed by atoms with van der Waals surface area (Å²) in [6.07, 6.45) is 0. The van der Waals surface area contributed by atoms with Gasteiger partial charge in [0.25, 0.3) is 5.91 Å². The second kappa shape index (κ2) is 6.74. The van der Waals surface area contributed by atoms with Gasteiger partial charge in [0.05, 0.1) is 11.6 Å². The number of benzene rings is 1. The Labute approximate surface area is 128 Å².